The van der Waals surface area contributed by atoms with E-state index in [0.29, 0.717) is 22.7 Å². The fourth-order valence-corrected chi connectivity index (χ4v) is 5.47. The van der Waals surface area contributed by atoms with E-state index in [9.17, 15) is 14.4 Å². The van der Waals surface area contributed by atoms with Gasteiger partial charge in [0.05, 0.1) is 17.5 Å². The smallest absolute Gasteiger partial charge is 0.255 e. The third-order valence-electron chi connectivity index (χ3n) is 7.23. The van der Waals surface area contributed by atoms with Gasteiger partial charge in [-0.1, -0.05) is 29.8 Å². The van der Waals surface area contributed by atoms with Crippen molar-refractivity contribution in [3.63, 3.8) is 0 Å². The molecular weight excluding hydrogens is 440 g/mol. The molecule has 6 rings (SSSR count). The van der Waals surface area contributed by atoms with Gasteiger partial charge in [0.25, 0.3) is 5.91 Å². The van der Waals surface area contributed by atoms with Crippen LogP contribution in [0.4, 0.5) is 11.4 Å². The minimum absolute atomic E-state index is 0.123. The lowest BCUT2D eigenvalue weighted by atomic mass is 9.85. The van der Waals surface area contributed by atoms with Crippen LogP contribution in [0.5, 0.6) is 11.5 Å². The Kier molecular flexibility index (Phi) is 5.02. The average molecular weight is 465 g/mol. The van der Waals surface area contributed by atoms with Gasteiger partial charge in [-0.25, -0.2) is 0 Å². The number of anilines is 2. The first-order valence-corrected chi connectivity index (χ1v) is 11.8. The monoisotopic (exact) mass is 464 g/mol. The number of carbonyl (C=O) groups excluding carboxylic acids is 3. The normalized spacial score (nSPS) is 24.1. The Balaban J connectivity index is 1.11. The molecule has 35 heavy (non-hydrogen) atoms. The molecule has 0 unspecified atom stereocenters. The molecule has 6 nitrogen and oxygen atoms in total. The summed E-state index contributed by atoms with van der Waals surface area (Å²) in [4.78, 5) is 40.0. The van der Waals surface area contributed by atoms with E-state index in [1.165, 1.54) is 4.90 Å². The molecule has 1 saturated heterocycles. The Hall–Kier alpha value is -4.19. The third-order valence-corrected chi connectivity index (χ3v) is 7.23. The number of hydrogen-bond acceptors (Lipinski definition) is 4. The van der Waals surface area contributed by atoms with Gasteiger partial charge in [0, 0.05) is 11.3 Å². The number of allylic oxidation sites excluding steroid dienone is 2. The molecule has 4 atom stereocenters. The van der Waals surface area contributed by atoms with Gasteiger partial charge in [-0.3, -0.25) is 19.3 Å². The van der Waals surface area contributed by atoms with Crippen molar-refractivity contribution in [3.05, 3.63) is 96.1 Å². The summed E-state index contributed by atoms with van der Waals surface area (Å²) in [5, 5.41) is 2.87. The van der Waals surface area contributed by atoms with Gasteiger partial charge in [0.15, 0.2) is 0 Å². The number of ether oxygens (including phenoxy) is 1. The van der Waals surface area contributed by atoms with Gasteiger partial charge in [-0.05, 0) is 85.8 Å². The Morgan fingerprint density at radius 1 is 0.800 bits per heavy atom. The minimum atomic E-state index is -0.276. The molecule has 1 aliphatic heterocycles. The van der Waals surface area contributed by atoms with Crippen LogP contribution >= 0.6 is 0 Å². The fourth-order valence-electron chi connectivity index (χ4n) is 5.47. The number of nitrogens with one attached hydrogen (secondary N) is 1. The number of carbonyl (C=O) groups is 3. The molecule has 2 aliphatic carbocycles. The van der Waals surface area contributed by atoms with Crippen molar-refractivity contribution in [1.82, 2.24) is 0 Å². The van der Waals surface area contributed by atoms with Gasteiger partial charge in [0.1, 0.15) is 11.5 Å². The maximum absolute atomic E-state index is 13.0. The minimum Gasteiger partial charge on any atom is -0.457 e. The zero-order chi connectivity index (χ0) is 24.1. The average Bonchev–Trinajstić information content (AvgIpc) is 3.55. The first kappa shape index (κ1) is 21.4. The summed E-state index contributed by atoms with van der Waals surface area (Å²) in [6.07, 6.45) is 5.06. The molecule has 1 saturated carbocycles. The lowest BCUT2D eigenvalue weighted by molar-refractivity contribution is -0.123. The van der Waals surface area contributed by atoms with E-state index in [4.69, 9.17) is 4.74 Å². The second-order valence-corrected chi connectivity index (χ2v) is 9.45. The van der Waals surface area contributed by atoms with Crippen LogP contribution in [0.25, 0.3) is 0 Å². The summed E-state index contributed by atoms with van der Waals surface area (Å²) in [6, 6.07) is 21.5. The zero-order valence-electron chi connectivity index (χ0n) is 19.2. The maximum atomic E-state index is 13.0. The molecule has 1 N–H and O–H groups in total. The molecule has 174 valence electrons. The summed E-state index contributed by atoms with van der Waals surface area (Å²) in [6.45, 7) is 2.02. The first-order chi connectivity index (χ1) is 17.0. The van der Waals surface area contributed by atoms with Crippen molar-refractivity contribution in [2.45, 2.75) is 13.3 Å². The van der Waals surface area contributed by atoms with Crippen LogP contribution in [-0.4, -0.2) is 17.7 Å². The highest BCUT2D eigenvalue weighted by molar-refractivity contribution is 6.23. The number of fused-ring (bicyclic) bond motifs is 5. The second kappa shape index (κ2) is 8.24. The molecule has 3 aromatic rings. The fraction of sp³-hybridized carbons (Fsp3) is 0.207. The molecule has 1 heterocycles. The molecule has 3 amide bonds. The zero-order valence-corrected chi connectivity index (χ0v) is 19.2. The summed E-state index contributed by atoms with van der Waals surface area (Å²) in [5.41, 5.74) is 2.75. The van der Waals surface area contributed by atoms with Crippen molar-refractivity contribution >= 4 is 29.1 Å². The van der Waals surface area contributed by atoms with Crippen molar-refractivity contribution in [2.24, 2.45) is 23.7 Å². The van der Waals surface area contributed by atoms with Crippen LogP contribution < -0.4 is 15.0 Å². The molecule has 3 aliphatic rings. The lowest BCUT2D eigenvalue weighted by Gasteiger charge is -2.17. The van der Waals surface area contributed by atoms with E-state index in [1.54, 1.807) is 48.5 Å². The van der Waals surface area contributed by atoms with Gasteiger partial charge in [-0.15, -0.1) is 0 Å². The van der Waals surface area contributed by atoms with Crippen LogP contribution in [0.3, 0.4) is 0 Å². The number of nitrogens with zero attached hydrogens (tertiary/aromatic N) is 1. The molecule has 0 radical (unpaired) electrons. The Morgan fingerprint density at radius 3 is 1.91 bits per heavy atom. The molecule has 0 spiro atoms. The number of aryl methyl sites for hydroxylation is 1. The van der Waals surface area contributed by atoms with E-state index in [0.717, 1.165) is 17.7 Å². The van der Waals surface area contributed by atoms with Crippen molar-refractivity contribution in [2.75, 3.05) is 10.2 Å². The second-order valence-electron chi connectivity index (χ2n) is 9.45. The Labute approximate surface area is 203 Å². The third kappa shape index (κ3) is 3.71. The largest absolute Gasteiger partial charge is 0.457 e. The van der Waals surface area contributed by atoms with Gasteiger partial charge >= 0.3 is 0 Å². The van der Waals surface area contributed by atoms with Crippen molar-refractivity contribution < 1.29 is 19.1 Å². The number of rotatable bonds is 5. The summed E-state index contributed by atoms with van der Waals surface area (Å²) in [7, 11) is 0. The summed E-state index contributed by atoms with van der Waals surface area (Å²) >= 11 is 0. The summed E-state index contributed by atoms with van der Waals surface area (Å²) < 4.78 is 5.83. The highest BCUT2D eigenvalue weighted by atomic mass is 16.5. The first-order valence-electron chi connectivity index (χ1n) is 11.8. The van der Waals surface area contributed by atoms with E-state index < -0.39 is 0 Å². The van der Waals surface area contributed by atoms with E-state index in [2.05, 4.69) is 17.5 Å². The van der Waals surface area contributed by atoms with Crippen LogP contribution in [0.2, 0.25) is 0 Å². The number of benzene rings is 3. The summed E-state index contributed by atoms with van der Waals surface area (Å²) in [5.74, 6) is 0.762. The van der Waals surface area contributed by atoms with E-state index >= 15 is 0 Å². The number of imide groups is 1. The van der Waals surface area contributed by atoms with Crippen LogP contribution in [0.15, 0.2) is 84.9 Å². The number of hydrogen-bond donors (Lipinski definition) is 1. The van der Waals surface area contributed by atoms with E-state index in [-0.39, 0.29) is 41.4 Å². The molecule has 2 fully saturated rings. The lowest BCUT2D eigenvalue weighted by Crippen LogP contribution is -2.32. The van der Waals surface area contributed by atoms with Crippen LogP contribution in [0.1, 0.15) is 22.3 Å². The molecule has 0 aromatic heterocycles. The van der Waals surface area contributed by atoms with Crippen LogP contribution in [-0.2, 0) is 9.59 Å². The standard InChI is InChI=1S/C29H24N2O4/c1-17-2-12-23(13-3-17)35-24-14-8-21(9-15-24)30-27(32)18-6-10-22(11-7-18)31-28(33)25-19-4-5-20(16-19)26(25)29(31)34/h2-15,19-20,25-26H,16H2,1H3,(H,30,32)/t19-,20-,25-,26+/m0/s1. The predicted octanol–water partition coefficient (Wildman–Crippen LogP) is 5.35. The highest BCUT2D eigenvalue weighted by Crippen LogP contribution is 2.53. The van der Waals surface area contributed by atoms with E-state index in [1.807, 2.05) is 31.2 Å². The van der Waals surface area contributed by atoms with Crippen molar-refractivity contribution in [1.29, 1.82) is 0 Å². The molecular formula is C29H24N2O4. The Bertz CT molecular complexity index is 1310. The molecule has 2 bridgehead atoms. The van der Waals surface area contributed by atoms with Crippen molar-refractivity contribution in [3.8, 4) is 11.5 Å². The molecule has 6 heteroatoms. The highest BCUT2D eigenvalue weighted by Gasteiger charge is 2.59. The maximum Gasteiger partial charge on any atom is 0.255 e. The van der Waals surface area contributed by atoms with Gasteiger partial charge < -0.3 is 10.1 Å². The van der Waals surface area contributed by atoms with Gasteiger partial charge in [-0.2, -0.15) is 0 Å². The number of amides is 3. The molecule has 3 aromatic carbocycles. The van der Waals surface area contributed by atoms with Gasteiger partial charge in [0.2, 0.25) is 11.8 Å². The SMILES string of the molecule is Cc1ccc(Oc2ccc(NC(=O)c3ccc(N4C(=O)[C@@H]5[C@H](C4=O)[C@H]4C=C[C@H]5C4)cc3)cc2)cc1. The Morgan fingerprint density at radius 2 is 1.34 bits per heavy atom. The topological polar surface area (TPSA) is 75.7 Å². The quantitative estimate of drug-likeness (QED) is 0.408. The predicted molar refractivity (Wildman–Crippen MR) is 132 cm³/mol. The van der Waals surface area contributed by atoms with Crippen LogP contribution in [0, 0.1) is 30.6 Å².